The minimum Gasteiger partial charge on any atom is -0.347 e. The third-order valence-corrected chi connectivity index (χ3v) is 5.36. The number of nitrogens with zero attached hydrogens (tertiary/aromatic N) is 1. The Bertz CT molecular complexity index is 1190. The number of nitrogens with one attached hydrogen (secondary N) is 1. The van der Waals surface area contributed by atoms with Crippen LogP contribution in [0.2, 0.25) is 0 Å². The molecule has 0 heterocycles. The molecule has 4 nitrogen and oxygen atoms in total. The summed E-state index contributed by atoms with van der Waals surface area (Å²) < 4.78 is 105. The van der Waals surface area contributed by atoms with Gasteiger partial charge in [-0.05, 0) is 35.4 Å². The molecular formula is C23H15BrF8N2O2. The Morgan fingerprint density at radius 1 is 1.03 bits per heavy atom. The Balaban J connectivity index is 2.18. The molecule has 0 radical (unpaired) electrons. The lowest BCUT2D eigenvalue weighted by Crippen LogP contribution is -2.33. The van der Waals surface area contributed by atoms with Gasteiger partial charge in [0.05, 0.1) is 12.5 Å². The molecule has 2 aromatic rings. The lowest BCUT2D eigenvalue weighted by molar-refractivity contribution is -0.139. The Hall–Kier alpha value is -3.27. The van der Waals surface area contributed by atoms with Crippen molar-refractivity contribution in [3.05, 3.63) is 80.6 Å². The van der Waals surface area contributed by atoms with Crippen molar-refractivity contribution in [2.75, 3.05) is 6.54 Å². The van der Waals surface area contributed by atoms with E-state index >= 15 is 0 Å². The molecule has 0 spiro atoms. The first-order valence-electron chi connectivity index (χ1n) is 9.90. The second kappa shape index (κ2) is 11.6. The van der Waals surface area contributed by atoms with Crippen LogP contribution in [0.15, 0.2) is 40.9 Å². The van der Waals surface area contributed by atoms with E-state index in [4.69, 9.17) is 6.57 Å². The first-order chi connectivity index (χ1) is 16.6. The highest BCUT2D eigenvalue weighted by Gasteiger charge is 2.39. The molecule has 0 aromatic heterocycles. The molecule has 2 rings (SSSR count). The first kappa shape index (κ1) is 29.0. The summed E-state index contributed by atoms with van der Waals surface area (Å²) in [4.78, 5) is 26.3. The number of amides is 1. The molecule has 1 N–H and O–H groups in total. The molecule has 0 saturated heterocycles. The van der Waals surface area contributed by atoms with E-state index in [9.17, 15) is 44.7 Å². The molecule has 1 atom stereocenters. The predicted octanol–water partition coefficient (Wildman–Crippen LogP) is 7.28. The molecule has 0 saturated carbocycles. The van der Waals surface area contributed by atoms with Crippen molar-refractivity contribution in [3.63, 3.8) is 0 Å². The zero-order valence-electron chi connectivity index (χ0n) is 17.9. The average molecular weight is 583 g/mol. The molecule has 13 heteroatoms. The number of ketones is 1. The van der Waals surface area contributed by atoms with E-state index in [0.29, 0.717) is 18.2 Å². The fourth-order valence-electron chi connectivity index (χ4n) is 3.00. The van der Waals surface area contributed by atoms with E-state index in [-0.39, 0.29) is 15.6 Å². The molecular weight excluding hydrogens is 568 g/mol. The van der Waals surface area contributed by atoms with Gasteiger partial charge < -0.3 is 5.32 Å². The quantitative estimate of drug-likeness (QED) is 0.202. The summed E-state index contributed by atoms with van der Waals surface area (Å²) in [5, 5.41) is 1.63. The third kappa shape index (κ3) is 8.15. The number of allylic oxidation sites excluding steroid dienone is 1. The number of hydrogen-bond donors (Lipinski definition) is 1. The number of halogens is 9. The van der Waals surface area contributed by atoms with Gasteiger partial charge in [0.15, 0.2) is 5.78 Å². The summed E-state index contributed by atoms with van der Waals surface area (Å²) in [5.41, 5.74) is -1.56. The van der Waals surface area contributed by atoms with Gasteiger partial charge in [-0.15, -0.1) is 0 Å². The summed E-state index contributed by atoms with van der Waals surface area (Å²) in [6.45, 7) is 5.16. The fraction of sp³-hybridized carbons (Fsp3) is 0.261. The van der Waals surface area contributed by atoms with Crippen LogP contribution in [-0.4, -0.2) is 30.6 Å². The Kier molecular flexibility index (Phi) is 9.37. The van der Waals surface area contributed by atoms with Crippen molar-refractivity contribution < 1.29 is 44.7 Å². The van der Waals surface area contributed by atoms with E-state index in [1.54, 1.807) is 5.32 Å². The van der Waals surface area contributed by atoms with Crippen LogP contribution in [0.4, 0.5) is 40.8 Å². The largest absolute Gasteiger partial charge is 0.405 e. The molecule has 0 aliphatic heterocycles. The molecule has 36 heavy (non-hydrogen) atoms. The number of benzene rings is 2. The lowest BCUT2D eigenvalue weighted by Gasteiger charge is -2.18. The second-order valence-electron chi connectivity index (χ2n) is 7.38. The molecule has 0 fully saturated rings. The van der Waals surface area contributed by atoms with Gasteiger partial charge in [0.25, 0.3) is 5.69 Å². The molecule has 2 aromatic carbocycles. The molecule has 1 amide bonds. The van der Waals surface area contributed by atoms with Crippen LogP contribution >= 0.6 is 15.9 Å². The summed E-state index contributed by atoms with van der Waals surface area (Å²) >= 11 is 3.08. The van der Waals surface area contributed by atoms with Crippen LogP contribution in [0.1, 0.15) is 40.2 Å². The van der Waals surface area contributed by atoms with Crippen LogP contribution in [0.3, 0.4) is 0 Å². The van der Waals surface area contributed by atoms with Gasteiger partial charge in [0.2, 0.25) is 5.91 Å². The summed E-state index contributed by atoms with van der Waals surface area (Å²) in [6.07, 6.45) is -8.77. The average Bonchev–Trinajstić information content (AvgIpc) is 2.74. The SMILES string of the molecule is [C-]#[N+]c1c(F)cc(C(/C=C/c2ccc(C(=O)CCC(=O)NCC(F)(F)F)c(Br)c2)C(F)(F)F)cc1F. The Morgan fingerprint density at radius 2 is 1.64 bits per heavy atom. The van der Waals surface area contributed by atoms with Crippen LogP contribution in [0, 0.1) is 18.2 Å². The standard InChI is InChI=1S/C23H15BrF8N2O2/c1-33-21-17(25)9-13(10-18(21)26)15(23(30,31)32)5-3-12-2-4-14(16(24)8-12)19(35)6-7-20(36)34-11-22(27,28)29/h2-5,8-10,15H,6-7,11H2,(H,34,36)/b5-3+. The van der Waals surface area contributed by atoms with Gasteiger partial charge in [0.1, 0.15) is 18.2 Å². The van der Waals surface area contributed by atoms with E-state index < -0.39 is 72.2 Å². The number of carbonyl (C=O) groups excluding carboxylic acids is 2. The van der Waals surface area contributed by atoms with E-state index in [0.717, 1.165) is 6.08 Å². The molecule has 192 valence electrons. The number of Topliss-reactive ketones (excluding diaryl/α,β-unsaturated/α-hetero) is 1. The number of carbonyl (C=O) groups is 2. The zero-order valence-corrected chi connectivity index (χ0v) is 19.5. The minimum atomic E-state index is -4.92. The monoisotopic (exact) mass is 582 g/mol. The van der Waals surface area contributed by atoms with Gasteiger partial charge in [-0.2, -0.15) is 26.3 Å². The summed E-state index contributed by atoms with van der Waals surface area (Å²) in [6, 6.07) is 4.66. The van der Waals surface area contributed by atoms with Crippen LogP contribution in [0.25, 0.3) is 10.9 Å². The van der Waals surface area contributed by atoms with E-state index in [1.165, 1.54) is 18.2 Å². The molecule has 1 unspecified atom stereocenters. The van der Waals surface area contributed by atoms with Gasteiger partial charge in [0, 0.05) is 22.9 Å². The maximum absolute atomic E-state index is 13.8. The van der Waals surface area contributed by atoms with Crippen LogP contribution < -0.4 is 5.32 Å². The zero-order chi connectivity index (χ0) is 27.3. The van der Waals surface area contributed by atoms with Gasteiger partial charge in [-0.25, -0.2) is 13.6 Å². The van der Waals surface area contributed by atoms with Crippen molar-refractivity contribution in [3.8, 4) is 0 Å². The van der Waals surface area contributed by atoms with Gasteiger partial charge >= 0.3 is 12.4 Å². The topological polar surface area (TPSA) is 50.5 Å². The van der Waals surface area contributed by atoms with Crippen molar-refractivity contribution in [2.45, 2.75) is 31.1 Å². The number of rotatable bonds is 8. The summed E-state index contributed by atoms with van der Waals surface area (Å²) in [5.74, 6) is -6.84. The van der Waals surface area contributed by atoms with Crippen molar-refractivity contribution in [1.29, 1.82) is 0 Å². The number of alkyl halides is 6. The second-order valence-corrected chi connectivity index (χ2v) is 8.23. The highest BCUT2D eigenvalue weighted by molar-refractivity contribution is 9.10. The van der Waals surface area contributed by atoms with E-state index in [2.05, 4.69) is 20.8 Å². The molecule has 0 bridgehead atoms. The first-order valence-corrected chi connectivity index (χ1v) is 10.7. The van der Waals surface area contributed by atoms with E-state index in [1.807, 2.05) is 0 Å². The highest BCUT2D eigenvalue weighted by Crippen LogP contribution is 2.39. The van der Waals surface area contributed by atoms with Crippen molar-refractivity contribution >= 4 is 39.4 Å². The van der Waals surface area contributed by atoms with Crippen LogP contribution in [-0.2, 0) is 4.79 Å². The smallest absolute Gasteiger partial charge is 0.347 e. The Labute approximate surface area is 207 Å². The fourth-order valence-corrected chi connectivity index (χ4v) is 3.62. The van der Waals surface area contributed by atoms with Crippen molar-refractivity contribution in [2.24, 2.45) is 0 Å². The molecule has 0 aliphatic carbocycles. The Morgan fingerprint density at radius 3 is 2.14 bits per heavy atom. The third-order valence-electron chi connectivity index (χ3n) is 4.70. The predicted molar refractivity (Wildman–Crippen MR) is 117 cm³/mol. The highest BCUT2D eigenvalue weighted by atomic mass is 79.9. The van der Waals surface area contributed by atoms with Crippen LogP contribution in [0.5, 0.6) is 0 Å². The lowest BCUT2D eigenvalue weighted by atomic mass is 9.96. The minimum absolute atomic E-state index is 0.0435. The van der Waals surface area contributed by atoms with Crippen molar-refractivity contribution in [1.82, 2.24) is 5.32 Å². The number of hydrogen-bond acceptors (Lipinski definition) is 2. The van der Waals surface area contributed by atoms with Gasteiger partial charge in [-0.3, -0.25) is 9.59 Å². The maximum Gasteiger partial charge on any atom is 0.405 e. The normalized spacial score (nSPS) is 12.9. The van der Waals surface area contributed by atoms with Gasteiger partial charge in [-0.1, -0.05) is 34.1 Å². The molecule has 0 aliphatic rings. The summed E-state index contributed by atoms with van der Waals surface area (Å²) in [7, 11) is 0. The maximum atomic E-state index is 13.8.